The Hall–Kier alpha value is -1.30. The summed E-state index contributed by atoms with van der Waals surface area (Å²) in [5, 5.41) is 3.15. The fourth-order valence-electron chi connectivity index (χ4n) is 2.53. The number of hydrogen-bond acceptors (Lipinski definition) is 3. The van der Waals surface area contributed by atoms with E-state index < -0.39 is 0 Å². The van der Waals surface area contributed by atoms with Crippen LogP contribution in [0.15, 0.2) is 18.2 Å². The van der Waals surface area contributed by atoms with E-state index in [2.05, 4.69) is 5.32 Å². The molecule has 0 saturated carbocycles. The zero-order valence-electron chi connectivity index (χ0n) is 12.0. The second-order valence-electron chi connectivity index (χ2n) is 5.48. The van der Waals surface area contributed by atoms with E-state index in [0.29, 0.717) is 11.6 Å². The van der Waals surface area contributed by atoms with Gasteiger partial charge in [-0.2, -0.15) is 0 Å². The SMILES string of the molecule is CC1(C)CN(C(=O)CNC(=O)CN)c2cccc(Cl)c21.Cl. The summed E-state index contributed by atoms with van der Waals surface area (Å²) in [5.41, 5.74) is 6.78. The molecule has 2 rings (SSSR count). The lowest BCUT2D eigenvalue weighted by Gasteiger charge is -2.21. The highest BCUT2D eigenvalue weighted by molar-refractivity contribution is 6.32. The molecule has 0 aliphatic carbocycles. The molecule has 0 fully saturated rings. The molecule has 0 bridgehead atoms. The van der Waals surface area contributed by atoms with Crippen LogP contribution in [0.3, 0.4) is 0 Å². The van der Waals surface area contributed by atoms with Crippen molar-refractivity contribution in [2.75, 3.05) is 24.5 Å². The second kappa shape index (κ2) is 6.64. The Morgan fingerprint density at radius 2 is 2.10 bits per heavy atom. The number of benzene rings is 1. The Morgan fingerprint density at radius 3 is 2.71 bits per heavy atom. The molecule has 0 aromatic heterocycles. The Balaban J connectivity index is 0.00000220. The number of rotatable bonds is 3. The van der Waals surface area contributed by atoms with Crippen molar-refractivity contribution in [1.82, 2.24) is 5.32 Å². The molecule has 3 N–H and O–H groups in total. The number of hydrogen-bond donors (Lipinski definition) is 2. The summed E-state index contributed by atoms with van der Waals surface area (Å²) >= 11 is 6.25. The second-order valence-corrected chi connectivity index (χ2v) is 5.89. The number of amides is 2. The van der Waals surface area contributed by atoms with Crippen LogP contribution in [0.1, 0.15) is 19.4 Å². The number of halogens is 2. The van der Waals surface area contributed by atoms with Crippen molar-refractivity contribution in [1.29, 1.82) is 0 Å². The van der Waals surface area contributed by atoms with E-state index in [1.54, 1.807) is 4.90 Å². The Morgan fingerprint density at radius 1 is 1.43 bits per heavy atom. The van der Waals surface area contributed by atoms with Crippen molar-refractivity contribution >= 4 is 41.5 Å². The standard InChI is InChI=1S/C14H18ClN3O2.ClH/c1-14(2)8-18(12(20)7-17-11(19)6-16)10-5-3-4-9(15)13(10)14;/h3-5H,6-8,16H2,1-2H3,(H,17,19);1H. The minimum absolute atomic E-state index is 0. The Kier molecular flexibility index (Phi) is 5.61. The van der Waals surface area contributed by atoms with E-state index in [1.165, 1.54) is 0 Å². The van der Waals surface area contributed by atoms with Crippen molar-refractivity contribution in [3.05, 3.63) is 28.8 Å². The van der Waals surface area contributed by atoms with Gasteiger partial charge in [-0.05, 0) is 12.1 Å². The van der Waals surface area contributed by atoms with Crippen LogP contribution in [0.2, 0.25) is 5.02 Å². The molecule has 1 aromatic rings. The zero-order valence-corrected chi connectivity index (χ0v) is 13.6. The maximum atomic E-state index is 12.3. The van der Waals surface area contributed by atoms with E-state index >= 15 is 0 Å². The van der Waals surface area contributed by atoms with Crippen LogP contribution in [-0.2, 0) is 15.0 Å². The molecule has 21 heavy (non-hydrogen) atoms. The van der Waals surface area contributed by atoms with Crippen LogP contribution in [0.5, 0.6) is 0 Å². The molecule has 0 unspecified atom stereocenters. The lowest BCUT2D eigenvalue weighted by Crippen LogP contribution is -2.42. The molecule has 0 spiro atoms. The van der Waals surface area contributed by atoms with Crippen molar-refractivity contribution in [2.45, 2.75) is 19.3 Å². The molecule has 2 amide bonds. The first kappa shape index (κ1) is 17.8. The molecule has 7 heteroatoms. The number of nitrogens with zero attached hydrogens (tertiary/aromatic N) is 1. The molecule has 1 aliphatic rings. The number of anilines is 1. The third kappa shape index (κ3) is 3.48. The van der Waals surface area contributed by atoms with Gasteiger partial charge in [0.2, 0.25) is 11.8 Å². The molecular weight excluding hydrogens is 313 g/mol. The molecule has 0 saturated heterocycles. The fourth-order valence-corrected chi connectivity index (χ4v) is 2.96. The highest BCUT2D eigenvalue weighted by Crippen LogP contribution is 2.44. The van der Waals surface area contributed by atoms with Crippen molar-refractivity contribution in [3.8, 4) is 0 Å². The average molecular weight is 332 g/mol. The Bertz CT molecular complexity index is 561. The quantitative estimate of drug-likeness (QED) is 0.880. The van der Waals surface area contributed by atoms with Crippen LogP contribution < -0.4 is 16.0 Å². The minimum atomic E-state index is -0.344. The maximum Gasteiger partial charge on any atom is 0.246 e. The van der Waals surface area contributed by atoms with Gasteiger partial charge in [0.05, 0.1) is 13.1 Å². The average Bonchev–Trinajstić information content (AvgIpc) is 2.68. The van der Waals surface area contributed by atoms with Crippen LogP contribution in [-0.4, -0.2) is 31.4 Å². The first-order chi connectivity index (χ1) is 9.36. The monoisotopic (exact) mass is 331 g/mol. The summed E-state index contributed by atoms with van der Waals surface area (Å²) in [7, 11) is 0. The largest absolute Gasteiger partial charge is 0.346 e. The summed E-state index contributed by atoms with van der Waals surface area (Å²) in [6.45, 7) is 4.45. The van der Waals surface area contributed by atoms with Gasteiger partial charge in [-0.3, -0.25) is 9.59 Å². The van der Waals surface area contributed by atoms with Gasteiger partial charge in [0.25, 0.3) is 0 Å². The summed E-state index contributed by atoms with van der Waals surface area (Å²) in [6, 6.07) is 5.52. The first-order valence-electron chi connectivity index (χ1n) is 6.43. The van der Waals surface area contributed by atoms with Gasteiger partial charge < -0.3 is 16.0 Å². The van der Waals surface area contributed by atoms with Gasteiger partial charge in [-0.1, -0.05) is 31.5 Å². The molecule has 0 radical (unpaired) electrons. The highest BCUT2D eigenvalue weighted by Gasteiger charge is 2.39. The third-order valence-electron chi connectivity index (χ3n) is 3.44. The smallest absolute Gasteiger partial charge is 0.246 e. The summed E-state index contributed by atoms with van der Waals surface area (Å²) in [4.78, 5) is 25.0. The van der Waals surface area contributed by atoms with Crippen LogP contribution >= 0.6 is 24.0 Å². The molecule has 1 heterocycles. The molecule has 1 aliphatic heterocycles. The van der Waals surface area contributed by atoms with Gasteiger partial charge in [-0.15, -0.1) is 12.4 Å². The lowest BCUT2D eigenvalue weighted by atomic mass is 9.87. The van der Waals surface area contributed by atoms with Gasteiger partial charge >= 0.3 is 0 Å². The number of nitrogens with one attached hydrogen (secondary N) is 1. The first-order valence-corrected chi connectivity index (χ1v) is 6.81. The normalized spacial score (nSPS) is 15.1. The van der Waals surface area contributed by atoms with E-state index in [4.69, 9.17) is 17.3 Å². The molecular formula is C14H19Cl2N3O2. The van der Waals surface area contributed by atoms with E-state index in [0.717, 1.165) is 11.3 Å². The van der Waals surface area contributed by atoms with Crippen molar-refractivity contribution in [3.63, 3.8) is 0 Å². The Labute approximate surface area is 135 Å². The number of nitrogens with two attached hydrogens (primary N) is 1. The number of carbonyl (C=O) groups excluding carboxylic acids is 2. The molecule has 5 nitrogen and oxygen atoms in total. The lowest BCUT2D eigenvalue weighted by molar-refractivity contribution is -0.124. The van der Waals surface area contributed by atoms with E-state index in [9.17, 15) is 9.59 Å². The summed E-state index contributed by atoms with van der Waals surface area (Å²) < 4.78 is 0. The number of carbonyl (C=O) groups is 2. The van der Waals surface area contributed by atoms with Crippen LogP contribution in [0.4, 0.5) is 5.69 Å². The van der Waals surface area contributed by atoms with Crippen LogP contribution in [0, 0.1) is 0 Å². The van der Waals surface area contributed by atoms with Crippen molar-refractivity contribution in [2.24, 2.45) is 5.73 Å². The van der Waals surface area contributed by atoms with Crippen LogP contribution in [0.25, 0.3) is 0 Å². The van der Waals surface area contributed by atoms with E-state index in [1.807, 2.05) is 32.0 Å². The van der Waals surface area contributed by atoms with E-state index in [-0.39, 0.29) is 42.7 Å². The number of fused-ring (bicyclic) bond motifs is 1. The molecule has 0 atom stereocenters. The zero-order chi connectivity index (χ0) is 14.9. The topological polar surface area (TPSA) is 75.4 Å². The van der Waals surface area contributed by atoms with Gasteiger partial charge in [0, 0.05) is 28.2 Å². The summed E-state index contributed by atoms with van der Waals surface area (Å²) in [5.74, 6) is -0.510. The third-order valence-corrected chi connectivity index (χ3v) is 3.75. The predicted octanol–water partition coefficient (Wildman–Crippen LogP) is 1.46. The summed E-state index contributed by atoms with van der Waals surface area (Å²) in [6.07, 6.45) is 0. The van der Waals surface area contributed by atoms with Gasteiger partial charge in [0.15, 0.2) is 0 Å². The van der Waals surface area contributed by atoms with Gasteiger partial charge in [-0.25, -0.2) is 0 Å². The molecule has 116 valence electrons. The maximum absolute atomic E-state index is 12.3. The van der Waals surface area contributed by atoms with Gasteiger partial charge in [0.1, 0.15) is 0 Å². The molecule has 1 aromatic carbocycles. The minimum Gasteiger partial charge on any atom is -0.346 e. The van der Waals surface area contributed by atoms with Crippen molar-refractivity contribution < 1.29 is 9.59 Å². The fraction of sp³-hybridized carbons (Fsp3) is 0.429. The highest BCUT2D eigenvalue weighted by atomic mass is 35.5. The predicted molar refractivity (Wildman–Crippen MR) is 86.1 cm³/mol.